The van der Waals surface area contributed by atoms with Crippen LogP contribution in [-0.4, -0.2) is 48.1 Å². The molecule has 1 aliphatic heterocycles. The summed E-state index contributed by atoms with van der Waals surface area (Å²) in [6.45, 7) is 6.33. The molecule has 17 heavy (non-hydrogen) atoms. The first-order valence-electron chi connectivity index (χ1n) is 6.24. The maximum Gasteiger partial charge on any atom is 0.0945 e. The van der Waals surface area contributed by atoms with Crippen molar-refractivity contribution < 1.29 is 9.47 Å². The van der Waals surface area contributed by atoms with Crippen molar-refractivity contribution in [2.45, 2.75) is 32.1 Å². The van der Waals surface area contributed by atoms with Crippen LogP contribution in [0.15, 0.2) is 18.7 Å². The maximum absolute atomic E-state index is 5.74. The molecular formula is C12H21N3O2. The number of ether oxygens (including phenoxy) is 2. The molecule has 0 aliphatic carbocycles. The second-order valence-electron chi connectivity index (χ2n) is 4.46. The first-order valence-corrected chi connectivity index (χ1v) is 6.24. The average molecular weight is 239 g/mol. The highest BCUT2D eigenvalue weighted by molar-refractivity contribution is 4.74. The Hall–Kier alpha value is -0.910. The van der Waals surface area contributed by atoms with E-state index in [0.29, 0.717) is 12.7 Å². The summed E-state index contributed by atoms with van der Waals surface area (Å²) < 4.78 is 13.4. The Bertz CT molecular complexity index is 303. The quantitative estimate of drug-likeness (QED) is 0.741. The van der Waals surface area contributed by atoms with Crippen molar-refractivity contribution in [2.75, 3.05) is 26.3 Å². The van der Waals surface area contributed by atoms with Crippen LogP contribution in [0.2, 0.25) is 0 Å². The van der Waals surface area contributed by atoms with E-state index in [1.165, 1.54) is 0 Å². The fourth-order valence-electron chi connectivity index (χ4n) is 1.95. The Morgan fingerprint density at radius 1 is 1.53 bits per heavy atom. The smallest absolute Gasteiger partial charge is 0.0945 e. The molecule has 0 saturated carbocycles. The van der Waals surface area contributed by atoms with Crippen molar-refractivity contribution in [2.24, 2.45) is 0 Å². The van der Waals surface area contributed by atoms with Crippen molar-refractivity contribution in [3.05, 3.63) is 18.7 Å². The fourth-order valence-corrected chi connectivity index (χ4v) is 1.95. The van der Waals surface area contributed by atoms with Crippen molar-refractivity contribution in [3.8, 4) is 0 Å². The monoisotopic (exact) mass is 239 g/mol. The minimum absolute atomic E-state index is 0.201. The predicted molar refractivity (Wildman–Crippen MR) is 64.9 cm³/mol. The highest BCUT2D eigenvalue weighted by Gasteiger charge is 2.18. The molecular weight excluding hydrogens is 218 g/mol. The molecule has 2 atom stereocenters. The molecule has 0 radical (unpaired) electrons. The summed E-state index contributed by atoms with van der Waals surface area (Å²) in [4.78, 5) is 4.00. The van der Waals surface area contributed by atoms with Crippen molar-refractivity contribution in [1.29, 1.82) is 0 Å². The van der Waals surface area contributed by atoms with Gasteiger partial charge in [-0.3, -0.25) is 0 Å². The van der Waals surface area contributed by atoms with Gasteiger partial charge in [0.25, 0.3) is 0 Å². The SMILES string of the molecule is CC1CNCC(COCCCn2ccnc2)O1. The number of hydrogen-bond donors (Lipinski definition) is 1. The summed E-state index contributed by atoms with van der Waals surface area (Å²) in [7, 11) is 0. The molecule has 1 aromatic heterocycles. The number of rotatable bonds is 6. The van der Waals surface area contributed by atoms with Gasteiger partial charge in [-0.2, -0.15) is 0 Å². The van der Waals surface area contributed by atoms with Crippen LogP contribution in [0.1, 0.15) is 13.3 Å². The second-order valence-corrected chi connectivity index (χ2v) is 4.46. The highest BCUT2D eigenvalue weighted by atomic mass is 16.5. The molecule has 0 spiro atoms. The van der Waals surface area contributed by atoms with Gasteiger partial charge in [0.15, 0.2) is 0 Å². The van der Waals surface area contributed by atoms with Crippen LogP contribution in [-0.2, 0) is 16.0 Å². The summed E-state index contributed by atoms with van der Waals surface area (Å²) in [6.07, 6.45) is 7.09. The second kappa shape index (κ2) is 6.74. The zero-order valence-corrected chi connectivity index (χ0v) is 10.3. The molecule has 2 heterocycles. The van der Waals surface area contributed by atoms with Gasteiger partial charge in [-0.1, -0.05) is 0 Å². The molecule has 5 nitrogen and oxygen atoms in total. The summed E-state index contributed by atoms with van der Waals surface area (Å²) in [6, 6.07) is 0. The molecule has 1 N–H and O–H groups in total. The Morgan fingerprint density at radius 3 is 3.24 bits per heavy atom. The van der Waals surface area contributed by atoms with Gasteiger partial charge in [-0.05, 0) is 13.3 Å². The maximum atomic E-state index is 5.74. The molecule has 1 aliphatic rings. The highest BCUT2D eigenvalue weighted by Crippen LogP contribution is 2.03. The fraction of sp³-hybridized carbons (Fsp3) is 0.750. The average Bonchev–Trinajstić information content (AvgIpc) is 2.82. The van der Waals surface area contributed by atoms with Crippen LogP contribution in [0.4, 0.5) is 0 Å². The van der Waals surface area contributed by atoms with Crippen LogP contribution in [0.3, 0.4) is 0 Å². The van der Waals surface area contributed by atoms with Gasteiger partial charge in [0, 0.05) is 38.6 Å². The van der Waals surface area contributed by atoms with Gasteiger partial charge < -0.3 is 19.4 Å². The molecule has 1 fully saturated rings. The Kier molecular flexibility index (Phi) is 4.97. The number of aromatic nitrogens is 2. The number of nitrogens with one attached hydrogen (secondary N) is 1. The molecule has 0 bridgehead atoms. The van der Waals surface area contributed by atoms with Crippen LogP contribution in [0, 0.1) is 0 Å². The molecule has 1 saturated heterocycles. The topological polar surface area (TPSA) is 48.3 Å². The van der Waals surface area contributed by atoms with Crippen LogP contribution in [0.25, 0.3) is 0 Å². The lowest BCUT2D eigenvalue weighted by molar-refractivity contribution is -0.0689. The van der Waals surface area contributed by atoms with E-state index in [1.54, 1.807) is 6.20 Å². The minimum atomic E-state index is 0.201. The van der Waals surface area contributed by atoms with E-state index in [9.17, 15) is 0 Å². The van der Waals surface area contributed by atoms with Crippen molar-refractivity contribution in [3.63, 3.8) is 0 Å². The third kappa shape index (κ3) is 4.46. The molecule has 2 unspecified atom stereocenters. The lowest BCUT2D eigenvalue weighted by Gasteiger charge is -2.28. The molecule has 0 amide bonds. The Labute approximate surface area is 102 Å². The molecule has 5 heteroatoms. The zero-order chi connectivity index (χ0) is 11.9. The van der Waals surface area contributed by atoms with E-state index in [-0.39, 0.29) is 6.10 Å². The Morgan fingerprint density at radius 2 is 2.47 bits per heavy atom. The van der Waals surface area contributed by atoms with Gasteiger partial charge in [-0.25, -0.2) is 4.98 Å². The van der Waals surface area contributed by atoms with E-state index in [0.717, 1.165) is 32.7 Å². The molecule has 96 valence electrons. The van der Waals surface area contributed by atoms with E-state index in [4.69, 9.17) is 9.47 Å². The van der Waals surface area contributed by atoms with E-state index in [2.05, 4.69) is 21.8 Å². The number of imidazole rings is 1. The van der Waals surface area contributed by atoms with E-state index in [1.807, 2.05) is 12.5 Å². The van der Waals surface area contributed by atoms with Crippen molar-refractivity contribution in [1.82, 2.24) is 14.9 Å². The van der Waals surface area contributed by atoms with Crippen LogP contribution in [0.5, 0.6) is 0 Å². The van der Waals surface area contributed by atoms with Crippen LogP contribution >= 0.6 is 0 Å². The standard InChI is InChI=1S/C12H21N3O2/c1-11-7-14-8-12(17-11)9-16-6-2-4-15-5-3-13-10-15/h3,5,10-12,14H,2,4,6-9H2,1H3. The number of morpholine rings is 1. The molecule has 0 aromatic carbocycles. The Balaban J connectivity index is 1.51. The van der Waals surface area contributed by atoms with E-state index < -0.39 is 0 Å². The van der Waals surface area contributed by atoms with Crippen molar-refractivity contribution >= 4 is 0 Å². The molecule has 2 rings (SSSR count). The zero-order valence-electron chi connectivity index (χ0n) is 10.3. The lowest BCUT2D eigenvalue weighted by atomic mass is 10.2. The predicted octanol–water partition coefficient (Wildman–Crippen LogP) is 0.667. The number of nitrogens with zero attached hydrogens (tertiary/aromatic N) is 2. The van der Waals surface area contributed by atoms with Gasteiger partial charge in [0.2, 0.25) is 0 Å². The van der Waals surface area contributed by atoms with Gasteiger partial charge in [0.05, 0.1) is 25.1 Å². The lowest BCUT2D eigenvalue weighted by Crippen LogP contribution is -2.45. The first kappa shape index (κ1) is 12.5. The third-order valence-corrected chi connectivity index (χ3v) is 2.80. The number of hydrogen-bond acceptors (Lipinski definition) is 4. The largest absolute Gasteiger partial charge is 0.379 e. The van der Waals surface area contributed by atoms with Crippen LogP contribution < -0.4 is 5.32 Å². The third-order valence-electron chi connectivity index (χ3n) is 2.80. The molecule has 1 aromatic rings. The number of aryl methyl sites for hydroxylation is 1. The van der Waals surface area contributed by atoms with Gasteiger partial charge in [-0.15, -0.1) is 0 Å². The first-order chi connectivity index (χ1) is 8.34. The summed E-state index contributed by atoms with van der Waals surface area (Å²) in [5.74, 6) is 0. The normalized spacial score (nSPS) is 25.0. The summed E-state index contributed by atoms with van der Waals surface area (Å²) in [5, 5.41) is 3.33. The van der Waals surface area contributed by atoms with Gasteiger partial charge >= 0.3 is 0 Å². The van der Waals surface area contributed by atoms with E-state index >= 15 is 0 Å². The summed E-state index contributed by atoms with van der Waals surface area (Å²) in [5.41, 5.74) is 0. The van der Waals surface area contributed by atoms with Gasteiger partial charge in [0.1, 0.15) is 0 Å². The summed E-state index contributed by atoms with van der Waals surface area (Å²) >= 11 is 0. The minimum Gasteiger partial charge on any atom is -0.379 e.